The molecule has 134 valence electrons. The van der Waals surface area contributed by atoms with E-state index in [0.717, 1.165) is 5.56 Å². The van der Waals surface area contributed by atoms with E-state index in [1.807, 2.05) is 30.3 Å². The van der Waals surface area contributed by atoms with Gasteiger partial charge in [0.05, 0.1) is 12.1 Å². The zero-order valence-electron chi connectivity index (χ0n) is 14.7. The molecule has 0 aliphatic heterocycles. The molecule has 7 nitrogen and oxygen atoms in total. The van der Waals surface area contributed by atoms with Crippen LogP contribution in [0, 0.1) is 0 Å². The zero-order chi connectivity index (χ0) is 18.3. The van der Waals surface area contributed by atoms with Gasteiger partial charge >= 0.3 is 12.1 Å². The minimum absolute atomic E-state index is 0.0351. The van der Waals surface area contributed by atoms with Crippen LogP contribution in [-0.2, 0) is 33.0 Å². The number of carbonyl (C=O) groups is 2. The molecule has 1 N–H and O–H groups in total. The second kappa shape index (κ2) is 8.32. The van der Waals surface area contributed by atoms with Gasteiger partial charge in [0.15, 0.2) is 0 Å². The predicted octanol–water partition coefficient (Wildman–Crippen LogP) is 2.61. The number of hydrogen-bond donors (Lipinski definition) is 1. The Bertz CT molecular complexity index is 710. The molecule has 0 radical (unpaired) electrons. The van der Waals surface area contributed by atoms with Crippen LogP contribution in [0.5, 0.6) is 0 Å². The fourth-order valence-electron chi connectivity index (χ4n) is 2.39. The van der Waals surface area contributed by atoms with Crippen molar-refractivity contribution >= 4 is 12.1 Å². The van der Waals surface area contributed by atoms with Crippen LogP contribution in [0.2, 0.25) is 0 Å². The van der Waals surface area contributed by atoms with Crippen molar-refractivity contribution in [1.29, 1.82) is 0 Å². The molecule has 1 aromatic heterocycles. The molecule has 0 aliphatic rings. The first-order valence-electron chi connectivity index (χ1n) is 8.08. The third kappa shape index (κ3) is 5.34. The number of ether oxygens (including phenoxy) is 2. The highest BCUT2D eigenvalue weighted by Crippen LogP contribution is 2.18. The first kappa shape index (κ1) is 18.5. The predicted molar refractivity (Wildman–Crippen MR) is 91.6 cm³/mol. The third-order valence-corrected chi connectivity index (χ3v) is 3.51. The standard InChI is InChI=1S/C18H23N3O4/c1-4-24-15(22)12-21-11-10-19-16(21)18(2,3)20-17(23)25-13-14-8-6-5-7-9-14/h5-11H,4,12-13H2,1-3H3,(H,20,23). The molecular formula is C18H23N3O4. The quantitative estimate of drug-likeness (QED) is 0.780. The van der Waals surface area contributed by atoms with Gasteiger partial charge in [0.2, 0.25) is 0 Å². The van der Waals surface area contributed by atoms with E-state index in [9.17, 15) is 9.59 Å². The van der Waals surface area contributed by atoms with Gasteiger partial charge in [0, 0.05) is 12.4 Å². The fraction of sp³-hybridized carbons (Fsp3) is 0.389. The average Bonchev–Trinajstić information content (AvgIpc) is 3.03. The van der Waals surface area contributed by atoms with Gasteiger partial charge in [-0.05, 0) is 26.3 Å². The van der Waals surface area contributed by atoms with Gasteiger partial charge in [-0.1, -0.05) is 30.3 Å². The third-order valence-electron chi connectivity index (χ3n) is 3.51. The Balaban J connectivity index is 1.97. The van der Waals surface area contributed by atoms with Crippen molar-refractivity contribution in [2.45, 2.75) is 39.5 Å². The lowest BCUT2D eigenvalue weighted by molar-refractivity contribution is -0.143. The lowest BCUT2D eigenvalue weighted by Crippen LogP contribution is -2.43. The Kier molecular flexibility index (Phi) is 6.16. The molecule has 0 unspecified atom stereocenters. The molecule has 0 saturated heterocycles. The minimum atomic E-state index is -0.816. The first-order valence-corrected chi connectivity index (χ1v) is 8.08. The minimum Gasteiger partial charge on any atom is -0.465 e. The summed E-state index contributed by atoms with van der Waals surface area (Å²) in [4.78, 5) is 28.0. The zero-order valence-corrected chi connectivity index (χ0v) is 14.7. The average molecular weight is 345 g/mol. The van der Waals surface area contributed by atoms with Crippen LogP contribution in [0.15, 0.2) is 42.7 Å². The summed E-state index contributed by atoms with van der Waals surface area (Å²) in [5, 5.41) is 2.78. The fourth-order valence-corrected chi connectivity index (χ4v) is 2.39. The Hall–Kier alpha value is -2.83. The maximum Gasteiger partial charge on any atom is 0.408 e. The van der Waals surface area contributed by atoms with Crippen LogP contribution in [-0.4, -0.2) is 28.2 Å². The molecule has 2 rings (SSSR count). The molecule has 2 aromatic rings. The number of alkyl carbamates (subject to hydrolysis) is 1. The summed E-state index contributed by atoms with van der Waals surface area (Å²) in [5.74, 6) is 0.182. The lowest BCUT2D eigenvalue weighted by atomic mass is 10.1. The molecule has 1 aromatic carbocycles. The van der Waals surface area contributed by atoms with Crippen LogP contribution >= 0.6 is 0 Å². The number of carbonyl (C=O) groups excluding carboxylic acids is 2. The normalized spacial score (nSPS) is 11.0. The van der Waals surface area contributed by atoms with Crippen molar-refractivity contribution in [2.24, 2.45) is 0 Å². The Labute approximate surface area is 147 Å². The Morgan fingerprint density at radius 2 is 1.92 bits per heavy atom. The van der Waals surface area contributed by atoms with Crippen molar-refractivity contribution in [1.82, 2.24) is 14.9 Å². The highest BCUT2D eigenvalue weighted by molar-refractivity contribution is 5.70. The van der Waals surface area contributed by atoms with Crippen LogP contribution in [0.3, 0.4) is 0 Å². The van der Waals surface area contributed by atoms with E-state index < -0.39 is 11.6 Å². The van der Waals surface area contributed by atoms with Gasteiger partial charge in [-0.3, -0.25) is 4.79 Å². The van der Waals surface area contributed by atoms with Crippen LogP contribution in [0.25, 0.3) is 0 Å². The number of nitrogens with zero attached hydrogens (tertiary/aromatic N) is 2. The summed E-state index contributed by atoms with van der Waals surface area (Å²) in [6.45, 7) is 5.87. The number of imidazole rings is 1. The van der Waals surface area contributed by atoms with E-state index in [1.54, 1.807) is 37.7 Å². The van der Waals surface area contributed by atoms with E-state index >= 15 is 0 Å². The summed E-state index contributed by atoms with van der Waals surface area (Å²) in [5.41, 5.74) is 0.0864. The molecule has 0 saturated carbocycles. The van der Waals surface area contributed by atoms with Crippen molar-refractivity contribution < 1.29 is 19.1 Å². The van der Waals surface area contributed by atoms with Crippen molar-refractivity contribution in [3.05, 3.63) is 54.1 Å². The number of esters is 1. The summed E-state index contributed by atoms with van der Waals surface area (Å²) in [7, 11) is 0. The maximum atomic E-state index is 12.1. The molecule has 0 atom stereocenters. The van der Waals surface area contributed by atoms with Crippen LogP contribution < -0.4 is 5.32 Å². The summed E-state index contributed by atoms with van der Waals surface area (Å²) in [6, 6.07) is 9.42. The van der Waals surface area contributed by atoms with Gasteiger partial charge in [-0.25, -0.2) is 9.78 Å². The number of benzene rings is 1. The van der Waals surface area contributed by atoms with Gasteiger partial charge in [-0.15, -0.1) is 0 Å². The Morgan fingerprint density at radius 3 is 2.60 bits per heavy atom. The summed E-state index contributed by atoms with van der Waals surface area (Å²) in [6.07, 6.45) is 2.69. The number of aromatic nitrogens is 2. The lowest BCUT2D eigenvalue weighted by Gasteiger charge is -2.26. The molecule has 0 fully saturated rings. The second-order valence-corrected chi connectivity index (χ2v) is 6.00. The summed E-state index contributed by atoms with van der Waals surface area (Å²) < 4.78 is 11.8. The van der Waals surface area contributed by atoms with E-state index in [1.165, 1.54) is 0 Å². The van der Waals surface area contributed by atoms with Gasteiger partial charge in [0.25, 0.3) is 0 Å². The molecule has 0 spiro atoms. The van der Waals surface area contributed by atoms with E-state index in [2.05, 4.69) is 10.3 Å². The number of amides is 1. The van der Waals surface area contributed by atoms with Crippen LogP contribution in [0.1, 0.15) is 32.2 Å². The van der Waals surface area contributed by atoms with Gasteiger partial charge < -0.3 is 19.4 Å². The van der Waals surface area contributed by atoms with Gasteiger partial charge in [-0.2, -0.15) is 0 Å². The number of rotatable bonds is 7. The molecule has 0 bridgehead atoms. The SMILES string of the molecule is CCOC(=O)Cn1ccnc1C(C)(C)NC(=O)OCc1ccccc1. The monoisotopic (exact) mass is 345 g/mol. The van der Waals surface area contributed by atoms with Gasteiger partial charge in [0.1, 0.15) is 19.0 Å². The van der Waals surface area contributed by atoms with Crippen molar-refractivity contribution in [2.75, 3.05) is 6.61 Å². The molecule has 7 heteroatoms. The second-order valence-electron chi connectivity index (χ2n) is 6.00. The van der Waals surface area contributed by atoms with Crippen molar-refractivity contribution in [3.8, 4) is 0 Å². The highest BCUT2D eigenvalue weighted by atomic mass is 16.5. The van der Waals surface area contributed by atoms with E-state index in [4.69, 9.17) is 9.47 Å². The molecule has 25 heavy (non-hydrogen) atoms. The maximum absolute atomic E-state index is 12.1. The highest BCUT2D eigenvalue weighted by Gasteiger charge is 2.29. The largest absolute Gasteiger partial charge is 0.465 e. The van der Waals surface area contributed by atoms with E-state index in [0.29, 0.717) is 12.4 Å². The molecular weight excluding hydrogens is 322 g/mol. The molecule has 0 aliphatic carbocycles. The molecule has 1 heterocycles. The van der Waals surface area contributed by atoms with Crippen LogP contribution in [0.4, 0.5) is 4.79 Å². The smallest absolute Gasteiger partial charge is 0.408 e. The topological polar surface area (TPSA) is 82.5 Å². The number of nitrogens with one attached hydrogen (secondary N) is 1. The number of hydrogen-bond acceptors (Lipinski definition) is 5. The Morgan fingerprint density at radius 1 is 1.20 bits per heavy atom. The van der Waals surface area contributed by atoms with Crippen molar-refractivity contribution in [3.63, 3.8) is 0 Å². The van der Waals surface area contributed by atoms with E-state index in [-0.39, 0.29) is 19.1 Å². The summed E-state index contributed by atoms with van der Waals surface area (Å²) >= 11 is 0. The molecule has 1 amide bonds. The first-order chi connectivity index (χ1) is 11.9.